The van der Waals surface area contributed by atoms with E-state index in [9.17, 15) is 12.8 Å². The largest absolute Gasteiger partial charge is 0.339 e. The lowest BCUT2D eigenvalue weighted by molar-refractivity contribution is 0.247. The van der Waals surface area contributed by atoms with Gasteiger partial charge in [-0.05, 0) is 61.9 Å². The Hall–Kier alpha value is -2.58. The quantitative estimate of drug-likeness (QED) is 0.609. The minimum atomic E-state index is -3.57. The number of halogens is 1. The van der Waals surface area contributed by atoms with Gasteiger partial charge in [-0.2, -0.15) is 9.29 Å². The van der Waals surface area contributed by atoms with Crippen molar-refractivity contribution in [2.75, 3.05) is 13.1 Å². The van der Waals surface area contributed by atoms with Crippen molar-refractivity contribution in [2.24, 2.45) is 5.92 Å². The molecule has 2 aromatic carbocycles. The van der Waals surface area contributed by atoms with Crippen LogP contribution >= 0.6 is 0 Å². The van der Waals surface area contributed by atoms with E-state index in [0.29, 0.717) is 30.3 Å². The summed E-state index contributed by atoms with van der Waals surface area (Å²) in [5.74, 6) is 0.254. The molecule has 1 unspecified atom stereocenters. The van der Waals surface area contributed by atoms with E-state index in [1.54, 1.807) is 28.6 Å². The van der Waals surface area contributed by atoms with E-state index >= 15 is 0 Å². The van der Waals surface area contributed by atoms with Gasteiger partial charge in [0.15, 0.2) is 0 Å². The van der Waals surface area contributed by atoms with Gasteiger partial charge < -0.3 is 4.52 Å². The molecule has 0 saturated carbocycles. The Balaban J connectivity index is 1.50. The number of benzene rings is 2. The Morgan fingerprint density at radius 2 is 2.00 bits per heavy atom. The average molecular weight is 430 g/mol. The van der Waals surface area contributed by atoms with Crippen LogP contribution in [0.2, 0.25) is 0 Å². The number of sulfonamides is 1. The van der Waals surface area contributed by atoms with Crippen LogP contribution in [0.25, 0.3) is 11.4 Å². The fourth-order valence-electron chi connectivity index (χ4n) is 3.87. The predicted molar refractivity (Wildman–Crippen MR) is 111 cm³/mol. The van der Waals surface area contributed by atoms with E-state index in [2.05, 4.69) is 10.1 Å². The number of rotatable bonds is 5. The topological polar surface area (TPSA) is 76.3 Å². The molecule has 1 aliphatic rings. The summed E-state index contributed by atoms with van der Waals surface area (Å²) in [6.07, 6.45) is 2.10. The van der Waals surface area contributed by atoms with Crippen molar-refractivity contribution in [3.05, 3.63) is 65.3 Å². The standard InChI is InChI=1S/C22H24FN3O3S/c1-15-9-10-16(2)20(12-15)30(27,28)26-11-5-6-17(14-26)13-21-24-22(25-29-21)18-7-3-4-8-19(18)23/h3-4,7-10,12,17H,5-6,11,13-14H2,1-2H3. The minimum Gasteiger partial charge on any atom is -0.339 e. The molecule has 30 heavy (non-hydrogen) atoms. The summed E-state index contributed by atoms with van der Waals surface area (Å²) in [6, 6.07) is 11.7. The molecular formula is C22H24FN3O3S. The van der Waals surface area contributed by atoms with E-state index < -0.39 is 15.8 Å². The van der Waals surface area contributed by atoms with Crippen LogP contribution in [0.15, 0.2) is 51.9 Å². The van der Waals surface area contributed by atoms with Crippen molar-refractivity contribution in [3.8, 4) is 11.4 Å². The summed E-state index contributed by atoms with van der Waals surface area (Å²) in [5, 5.41) is 3.89. The molecule has 1 aromatic heterocycles. The van der Waals surface area contributed by atoms with Gasteiger partial charge in [0, 0.05) is 19.5 Å². The molecule has 1 atom stereocenters. The lowest BCUT2D eigenvalue weighted by Crippen LogP contribution is -2.40. The summed E-state index contributed by atoms with van der Waals surface area (Å²) >= 11 is 0. The van der Waals surface area contributed by atoms with Gasteiger partial charge in [0.1, 0.15) is 5.82 Å². The Morgan fingerprint density at radius 1 is 1.20 bits per heavy atom. The number of piperidine rings is 1. The molecule has 3 aromatic rings. The number of aryl methyl sites for hydroxylation is 2. The third kappa shape index (κ3) is 4.15. The third-order valence-corrected chi connectivity index (χ3v) is 7.50. The van der Waals surface area contributed by atoms with Crippen LogP contribution < -0.4 is 0 Å². The average Bonchev–Trinajstić information content (AvgIpc) is 3.18. The van der Waals surface area contributed by atoms with Crippen LogP contribution in [0.1, 0.15) is 29.9 Å². The number of hydrogen-bond donors (Lipinski definition) is 0. The molecule has 0 N–H and O–H groups in total. The van der Waals surface area contributed by atoms with Crippen molar-refractivity contribution in [1.29, 1.82) is 0 Å². The Kier molecular flexibility index (Phi) is 5.71. The van der Waals surface area contributed by atoms with Crippen LogP contribution in [-0.4, -0.2) is 36.0 Å². The SMILES string of the molecule is Cc1ccc(C)c(S(=O)(=O)N2CCCC(Cc3nc(-c4ccccc4F)no3)C2)c1. The summed E-state index contributed by atoms with van der Waals surface area (Å²) in [7, 11) is -3.57. The molecular weight excluding hydrogens is 405 g/mol. The Bertz CT molecular complexity index is 1160. The van der Waals surface area contributed by atoms with E-state index in [-0.39, 0.29) is 17.3 Å². The van der Waals surface area contributed by atoms with E-state index in [4.69, 9.17) is 4.52 Å². The van der Waals surface area contributed by atoms with Crippen LogP contribution in [0.5, 0.6) is 0 Å². The van der Waals surface area contributed by atoms with E-state index in [0.717, 1.165) is 24.0 Å². The Morgan fingerprint density at radius 3 is 2.80 bits per heavy atom. The number of nitrogens with zero attached hydrogens (tertiary/aromatic N) is 3. The maximum Gasteiger partial charge on any atom is 0.243 e. The first kappa shape index (κ1) is 20.7. The number of aromatic nitrogens is 2. The minimum absolute atomic E-state index is 0.0626. The zero-order valence-electron chi connectivity index (χ0n) is 17.0. The van der Waals surface area contributed by atoms with Crippen LogP contribution in [0, 0.1) is 25.6 Å². The van der Waals surface area contributed by atoms with Gasteiger partial charge >= 0.3 is 0 Å². The fraction of sp³-hybridized carbons (Fsp3) is 0.364. The maximum atomic E-state index is 14.0. The molecule has 0 bridgehead atoms. The van der Waals surface area contributed by atoms with Crippen molar-refractivity contribution < 1.29 is 17.3 Å². The number of hydrogen-bond acceptors (Lipinski definition) is 5. The summed E-state index contributed by atoms with van der Waals surface area (Å²) in [5.41, 5.74) is 1.95. The first-order valence-corrected chi connectivity index (χ1v) is 11.4. The Labute approximate surface area is 175 Å². The molecule has 1 aliphatic heterocycles. The van der Waals surface area contributed by atoms with Crippen molar-refractivity contribution in [3.63, 3.8) is 0 Å². The molecule has 0 radical (unpaired) electrons. The van der Waals surface area contributed by atoms with Gasteiger partial charge in [0.2, 0.25) is 21.7 Å². The van der Waals surface area contributed by atoms with E-state index in [1.165, 1.54) is 6.07 Å². The van der Waals surface area contributed by atoms with Crippen molar-refractivity contribution >= 4 is 10.0 Å². The van der Waals surface area contributed by atoms with Crippen molar-refractivity contribution in [2.45, 2.75) is 38.0 Å². The van der Waals surface area contributed by atoms with Crippen LogP contribution in [0.4, 0.5) is 4.39 Å². The van der Waals surface area contributed by atoms with Crippen LogP contribution in [0.3, 0.4) is 0 Å². The van der Waals surface area contributed by atoms with E-state index in [1.807, 2.05) is 26.0 Å². The second kappa shape index (κ2) is 8.28. The maximum absolute atomic E-state index is 14.0. The summed E-state index contributed by atoms with van der Waals surface area (Å²) in [6.45, 7) is 4.60. The van der Waals surface area contributed by atoms with Gasteiger partial charge in [0.25, 0.3) is 0 Å². The lowest BCUT2D eigenvalue weighted by Gasteiger charge is -2.31. The molecule has 0 spiro atoms. The summed E-state index contributed by atoms with van der Waals surface area (Å²) < 4.78 is 47.3. The molecule has 4 rings (SSSR count). The monoisotopic (exact) mass is 429 g/mol. The molecule has 8 heteroatoms. The highest BCUT2D eigenvalue weighted by atomic mass is 32.2. The van der Waals surface area contributed by atoms with Gasteiger partial charge in [-0.25, -0.2) is 12.8 Å². The van der Waals surface area contributed by atoms with Gasteiger partial charge in [0.05, 0.1) is 10.5 Å². The predicted octanol–water partition coefficient (Wildman–Crippen LogP) is 4.14. The van der Waals surface area contributed by atoms with Gasteiger partial charge in [-0.3, -0.25) is 0 Å². The molecule has 0 amide bonds. The second-order valence-electron chi connectivity index (χ2n) is 7.84. The van der Waals surface area contributed by atoms with Gasteiger partial charge in [-0.15, -0.1) is 0 Å². The highest BCUT2D eigenvalue weighted by Gasteiger charge is 2.32. The third-order valence-electron chi connectivity index (χ3n) is 5.49. The second-order valence-corrected chi connectivity index (χ2v) is 9.74. The zero-order valence-corrected chi connectivity index (χ0v) is 17.8. The smallest absolute Gasteiger partial charge is 0.243 e. The first-order valence-electron chi connectivity index (χ1n) is 9.99. The fourth-order valence-corrected chi connectivity index (χ4v) is 5.74. The van der Waals surface area contributed by atoms with Gasteiger partial charge in [-0.1, -0.05) is 29.4 Å². The highest BCUT2D eigenvalue weighted by molar-refractivity contribution is 7.89. The lowest BCUT2D eigenvalue weighted by atomic mass is 9.96. The van der Waals surface area contributed by atoms with Crippen LogP contribution in [-0.2, 0) is 16.4 Å². The molecule has 0 aliphatic carbocycles. The highest BCUT2D eigenvalue weighted by Crippen LogP contribution is 2.28. The molecule has 6 nitrogen and oxygen atoms in total. The molecule has 1 fully saturated rings. The molecule has 2 heterocycles. The van der Waals surface area contributed by atoms with Crippen molar-refractivity contribution in [1.82, 2.24) is 14.4 Å². The summed E-state index contributed by atoms with van der Waals surface area (Å²) in [4.78, 5) is 4.68. The molecule has 158 valence electrons. The molecule has 1 saturated heterocycles. The normalized spacial score (nSPS) is 17.9. The first-order chi connectivity index (χ1) is 14.3. The zero-order chi connectivity index (χ0) is 21.3.